The molecule has 12 heteroatoms. The lowest BCUT2D eigenvalue weighted by Gasteiger charge is -2.27. The highest BCUT2D eigenvalue weighted by molar-refractivity contribution is 7.91. The molecule has 3 fully saturated rings. The molecule has 3 amide bonds. The lowest BCUT2D eigenvalue weighted by atomic mass is 9.91. The zero-order chi connectivity index (χ0) is 33.5. The predicted molar refractivity (Wildman–Crippen MR) is 177 cm³/mol. The molecule has 0 unspecified atom stereocenters. The first kappa shape index (κ1) is 33.2. The van der Waals surface area contributed by atoms with E-state index < -0.39 is 44.8 Å². The molecule has 254 valence electrons. The maximum absolute atomic E-state index is 14.1. The fraction of sp³-hybridized carbons (Fsp3) is 0.600. The standard InChI is InChI=1S/C35H46N4O7S/c1-21(2)45-26-9-12-29-24(17-26)13-14-36-33(29)46-27-18-30-32(41)37-35(34(42)38-47(43,44)28-10-11-28)19-25(35)8-6-5-7-22(3)15-23(4)16-31(40)39(30)20-27/h6,8-9,12-14,17,21-23,25,27-28,30H,5,7,10-11,15-16,18-20H2,1-4H3,(H,37,41)(H,38,42)/b8-6-/t22-,23-,25-,27-,30+,35-/m1/s1. The number of carbonyl (C=O) groups excluding carboxylic acids is 3. The van der Waals surface area contributed by atoms with Gasteiger partial charge in [0.25, 0.3) is 5.91 Å². The van der Waals surface area contributed by atoms with Crippen molar-refractivity contribution in [3.8, 4) is 11.6 Å². The Balaban J connectivity index is 1.26. The van der Waals surface area contributed by atoms with Gasteiger partial charge in [-0.1, -0.05) is 26.0 Å². The van der Waals surface area contributed by atoms with E-state index in [0.29, 0.717) is 24.6 Å². The molecule has 2 aromatic rings. The number of hydrogen-bond donors (Lipinski definition) is 2. The highest BCUT2D eigenvalue weighted by Crippen LogP contribution is 2.46. The monoisotopic (exact) mass is 666 g/mol. The van der Waals surface area contributed by atoms with Crippen LogP contribution < -0.4 is 19.5 Å². The minimum Gasteiger partial charge on any atom is -0.491 e. The average molecular weight is 667 g/mol. The first-order chi connectivity index (χ1) is 22.3. The first-order valence-electron chi connectivity index (χ1n) is 16.9. The second-order valence-corrected chi connectivity index (χ2v) is 16.3. The SMILES string of the molecule is CC(C)Oc1ccc2c(O[C@@H]3C[C@H]4C(=O)N[C@]5(C(=O)NS(=O)(=O)C6CC6)C[C@H]5/C=C\CC[C@@H](C)C[C@@H](C)CC(=O)N4C3)nccc2c1. The van der Waals surface area contributed by atoms with Gasteiger partial charge in [-0.15, -0.1) is 0 Å². The van der Waals surface area contributed by atoms with Crippen LogP contribution in [0.2, 0.25) is 0 Å². The molecule has 6 atom stereocenters. The molecule has 1 aromatic heterocycles. The first-order valence-corrected chi connectivity index (χ1v) is 18.5. The van der Waals surface area contributed by atoms with Crippen molar-refractivity contribution in [3.05, 3.63) is 42.6 Å². The molecule has 1 aromatic carbocycles. The van der Waals surface area contributed by atoms with Gasteiger partial charge in [0.05, 0.1) is 17.9 Å². The van der Waals surface area contributed by atoms with Crippen LogP contribution in [0.1, 0.15) is 79.1 Å². The fourth-order valence-electron chi connectivity index (χ4n) is 7.04. The molecule has 2 aliphatic carbocycles. The Bertz CT molecular complexity index is 1670. The zero-order valence-electron chi connectivity index (χ0n) is 27.6. The Morgan fingerprint density at radius 3 is 2.64 bits per heavy atom. The lowest BCUT2D eigenvalue weighted by Crippen LogP contribution is -2.56. The largest absolute Gasteiger partial charge is 0.491 e. The molecule has 47 heavy (non-hydrogen) atoms. The van der Waals surface area contributed by atoms with Crippen LogP contribution in [0.5, 0.6) is 11.6 Å². The van der Waals surface area contributed by atoms with Crippen LogP contribution in [0.25, 0.3) is 10.8 Å². The molecule has 0 radical (unpaired) electrons. The Labute approximate surface area is 276 Å². The quantitative estimate of drug-likeness (QED) is 0.418. The molecule has 6 rings (SSSR count). The Morgan fingerprint density at radius 1 is 1.11 bits per heavy atom. The smallest absolute Gasteiger partial charge is 0.259 e. The molecule has 0 bridgehead atoms. The number of fused-ring (bicyclic) bond motifs is 3. The Hall–Kier alpha value is -3.67. The summed E-state index contributed by atoms with van der Waals surface area (Å²) in [4.78, 5) is 47.5. The third-order valence-corrected chi connectivity index (χ3v) is 11.5. The van der Waals surface area contributed by atoms with Crippen LogP contribution in [0.15, 0.2) is 42.6 Å². The third kappa shape index (κ3) is 7.42. The van der Waals surface area contributed by atoms with E-state index in [2.05, 4.69) is 28.9 Å². The molecule has 4 aliphatic rings. The van der Waals surface area contributed by atoms with E-state index >= 15 is 0 Å². The van der Waals surface area contributed by atoms with Crippen LogP contribution in [0.4, 0.5) is 0 Å². The number of amides is 3. The van der Waals surface area contributed by atoms with Gasteiger partial charge in [-0.3, -0.25) is 19.1 Å². The second-order valence-electron chi connectivity index (χ2n) is 14.3. The van der Waals surface area contributed by atoms with Crippen molar-refractivity contribution in [3.63, 3.8) is 0 Å². The minimum atomic E-state index is -3.81. The molecule has 2 saturated carbocycles. The number of aromatic nitrogens is 1. The van der Waals surface area contributed by atoms with Crippen LogP contribution in [0, 0.1) is 17.8 Å². The summed E-state index contributed by atoms with van der Waals surface area (Å²) in [6.45, 7) is 8.35. The van der Waals surface area contributed by atoms with Crippen LogP contribution in [-0.2, 0) is 24.4 Å². The highest BCUT2D eigenvalue weighted by Gasteiger charge is 2.62. The number of benzene rings is 1. The number of ether oxygens (including phenoxy) is 2. The number of sulfonamides is 1. The molecular formula is C35H46N4O7S. The number of hydrogen-bond acceptors (Lipinski definition) is 8. The van der Waals surface area contributed by atoms with E-state index in [9.17, 15) is 22.8 Å². The molecule has 11 nitrogen and oxygen atoms in total. The van der Waals surface area contributed by atoms with Crippen molar-refractivity contribution in [2.75, 3.05) is 6.54 Å². The van der Waals surface area contributed by atoms with Crippen molar-refractivity contribution < 1.29 is 32.3 Å². The van der Waals surface area contributed by atoms with E-state index in [-0.39, 0.29) is 49.7 Å². The van der Waals surface area contributed by atoms with Crippen molar-refractivity contribution >= 4 is 38.5 Å². The molecule has 1 saturated heterocycles. The lowest BCUT2D eigenvalue weighted by molar-refractivity contribution is -0.140. The number of carbonyl (C=O) groups is 3. The molecule has 3 heterocycles. The van der Waals surface area contributed by atoms with Gasteiger partial charge >= 0.3 is 0 Å². The summed E-state index contributed by atoms with van der Waals surface area (Å²) in [5.41, 5.74) is -1.39. The van der Waals surface area contributed by atoms with Crippen LogP contribution in [-0.4, -0.2) is 71.6 Å². The van der Waals surface area contributed by atoms with E-state index in [1.165, 1.54) is 0 Å². The summed E-state index contributed by atoms with van der Waals surface area (Å²) in [5, 5.41) is 4.02. The summed E-state index contributed by atoms with van der Waals surface area (Å²) in [5.74, 6) is -0.0596. The third-order valence-electron chi connectivity index (χ3n) is 9.72. The van der Waals surface area contributed by atoms with Crippen molar-refractivity contribution in [2.45, 2.75) is 108 Å². The minimum absolute atomic E-state index is 0.0265. The van der Waals surface area contributed by atoms with Gasteiger partial charge in [0.1, 0.15) is 23.4 Å². The summed E-state index contributed by atoms with van der Waals surface area (Å²) in [7, 11) is -3.81. The number of pyridine rings is 1. The summed E-state index contributed by atoms with van der Waals surface area (Å²) < 4.78 is 39.9. The van der Waals surface area contributed by atoms with E-state index in [1.54, 1.807) is 11.1 Å². The summed E-state index contributed by atoms with van der Waals surface area (Å²) in [6, 6.07) is 6.67. The molecule has 0 spiro atoms. The van der Waals surface area contributed by atoms with Gasteiger partial charge in [-0.05, 0) is 93.9 Å². The highest BCUT2D eigenvalue weighted by atomic mass is 32.2. The van der Waals surface area contributed by atoms with Gasteiger partial charge in [0.15, 0.2) is 0 Å². The Morgan fingerprint density at radius 2 is 1.89 bits per heavy atom. The molecule has 2 N–H and O–H groups in total. The van der Waals surface area contributed by atoms with Gasteiger partial charge in [-0.25, -0.2) is 13.4 Å². The van der Waals surface area contributed by atoms with Gasteiger partial charge in [0, 0.05) is 30.3 Å². The number of allylic oxidation sites excluding steroid dienone is 1. The van der Waals surface area contributed by atoms with Gasteiger partial charge in [0.2, 0.25) is 27.7 Å². The zero-order valence-corrected chi connectivity index (χ0v) is 28.4. The number of nitrogens with zero attached hydrogens (tertiary/aromatic N) is 2. The normalized spacial score (nSPS) is 30.8. The topological polar surface area (TPSA) is 144 Å². The van der Waals surface area contributed by atoms with E-state index in [4.69, 9.17) is 9.47 Å². The van der Waals surface area contributed by atoms with Crippen molar-refractivity contribution in [1.82, 2.24) is 19.9 Å². The maximum atomic E-state index is 14.1. The summed E-state index contributed by atoms with van der Waals surface area (Å²) in [6.07, 6.45) is 9.51. The molecule has 2 aliphatic heterocycles. The Kier molecular flexibility index (Phi) is 9.26. The number of rotatable bonds is 7. The number of nitrogens with one attached hydrogen (secondary N) is 2. The van der Waals surface area contributed by atoms with Crippen molar-refractivity contribution in [2.24, 2.45) is 17.8 Å². The summed E-state index contributed by atoms with van der Waals surface area (Å²) >= 11 is 0. The molecular weight excluding hydrogens is 620 g/mol. The van der Waals surface area contributed by atoms with Crippen LogP contribution in [0.3, 0.4) is 0 Å². The predicted octanol–water partition coefficient (Wildman–Crippen LogP) is 4.26. The van der Waals surface area contributed by atoms with Gasteiger partial charge < -0.3 is 19.7 Å². The van der Waals surface area contributed by atoms with Crippen LogP contribution >= 0.6 is 0 Å². The maximum Gasteiger partial charge on any atom is 0.259 e. The second kappa shape index (κ2) is 13.1. The van der Waals surface area contributed by atoms with E-state index in [1.807, 2.05) is 50.3 Å². The average Bonchev–Trinajstić information content (AvgIpc) is 3.92. The fourth-order valence-corrected chi connectivity index (χ4v) is 8.41. The van der Waals surface area contributed by atoms with E-state index in [0.717, 1.165) is 35.8 Å². The van der Waals surface area contributed by atoms with Crippen molar-refractivity contribution in [1.29, 1.82) is 0 Å². The van der Waals surface area contributed by atoms with Gasteiger partial charge in [-0.2, -0.15) is 0 Å².